The summed E-state index contributed by atoms with van der Waals surface area (Å²) in [6.07, 6.45) is 1.81. The van der Waals surface area contributed by atoms with Gasteiger partial charge in [-0.05, 0) is 19.4 Å². The van der Waals surface area contributed by atoms with E-state index < -0.39 is 5.67 Å². The number of nitrogens with zero attached hydrogens (tertiary/aromatic N) is 1. The molecule has 2 heteroatoms. The minimum Gasteiger partial charge on any atom is -0.297 e. The molecule has 0 spiro atoms. The first-order chi connectivity index (χ1) is 4.70. The summed E-state index contributed by atoms with van der Waals surface area (Å²) < 4.78 is 13.2. The number of hydrogen-bond acceptors (Lipinski definition) is 1. The van der Waals surface area contributed by atoms with Gasteiger partial charge in [0, 0.05) is 13.1 Å². The molecule has 0 amide bonds. The highest BCUT2D eigenvalue weighted by Crippen LogP contribution is 2.28. The Morgan fingerprint density at radius 3 is 2.40 bits per heavy atom. The Balaban J connectivity index is 2.16. The fraction of sp³-hybridized carbons (Fsp3) is 1.00. The van der Waals surface area contributed by atoms with Crippen LogP contribution in [-0.4, -0.2) is 30.2 Å². The Bertz CT molecular complexity index is 108. The molecule has 1 aliphatic rings. The summed E-state index contributed by atoms with van der Waals surface area (Å²) in [6, 6.07) is 0. The van der Waals surface area contributed by atoms with E-state index in [2.05, 4.69) is 11.8 Å². The molecule has 1 heterocycles. The zero-order valence-electron chi connectivity index (χ0n) is 6.86. The minimum absolute atomic E-state index is 0.664. The third-order valence-electron chi connectivity index (χ3n) is 2.19. The SMILES string of the molecule is CCCN1CC(F)(CC)C1. The van der Waals surface area contributed by atoms with Crippen LogP contribution in [0, 0.1) is 0 Å². The second-order valence-electron chi connectivity index (χ2n) is 3.22. The maximum Gasteiger partial charge on any atom is 0.136 e. The standard InChI is InChI=1S/C8H16FN/c1-3-5-10-6-8(9,4-2)7-10/h3-7H2,1-2H3. The van der Waals surface area contributed by atoms with Gasteiger partial charge in [-0.1, -0.05) is 13.8 Å². The van der Waals surface area contributed by atoms with Gasteiger partial charge in [-0.15, -0.1) is 0 Å². The Labute approximate surface area is 62.2 Å². The van der Waals surface area contributed by atoms with Gasteiger partial charge in [0.2, 0.25) is 0 Å². The van der Waals surface area contributed by atoms with Gasteiger partial charge in [0.15, 0.2) is 0 Å². The molecule has 1 nitrogen and oxygen atoms in total. The van der Waals surface area contributed by atoms with Crippen LogP contribution >= 0.6 is 0 Å². The van der Waals surface area contributed by atoms with E-state index in [0.717, 1.165) is 13.0 Å². The number of halogens is 1. The number of likely N-dealkylation sites (tertiary alicyclic amines) is 1. The van der Waals surface area contributed by atoms with Gasteiger partial charge in [-0.3, -0.25) is 4.90 Å². The largest absolute Gasteiger partial charge is 0.297 e. The Kier molecular flexibility index (Phi) is 2.29. The van der Waals surface area contributed by atoms with E-state index in [1.165, 1.54) is 0 Å². The van der Waals surface area contributed by atoms with E-state index in [4.69, 9.17) is 0 Å². The van der Waals surface area contributed by atoms with Crippen LogP contribution in [0.2, 0.25) is 0 Å². The third kappa shape index (κ3) is 1.48. The van der Waals surface area contributed by atoms with Crippen molar-refractivity contribution in [3.63, 3.8) is 0 Å². The molecule has 0 unspecified atom stereocenters. The molecule has 0 atom stereocenters. The molecular formula is C8H16FN. The second-order valence-corrected chi connectivity index (χ2v) is 3.22. The fourth-order valence-electron chi connectivity index (χ4n) is 1.45. The highest BCUT2D eigenvalue weighted by Gasteiger charge is 2.40. The lowest BCUT2D eigenvalue weighted by Crippen LogP contribution is -2.58. The zero-order chi connectivity index (χ0) is 7.61. The lowest BCUT2D eigenvalue weighted by Gasteiger charge is -2.44. The van der Waals surface area contributed by atoms with Gasteiger partial charge in [0.05, 0.1) is 0 Å². The fourth-order valence-corrected chi connectivity index (χ4v) is 1.45. The molecule has 10 heavy (non-hydrogen) atoms. The van der Waals surface area contributed by atoms with Crippen molar-refractivity contribution in [3.05, 3.63) is 0 Å². The quantitative estimate of drug-likeness (QED) is 0.585. The van der Waals surface area contributed by atoms with E-state index in [9.17, 15) is 4.39 Å². The highest BCUT2D eigenvalue weighted by atomic mass is 19.1. The molecule has 1 saturated heterocycles. The normalized spacial score (nSPS) is 24.3. The Morgan fingerprint density at radius 1 is 1.40 bits per heavy atom. The molecule has 1 fully saturated rings. The van der Waals surface area contributed by atoms with Crippen LogP contribution in [0.5, 0.6) is 0 Å². The molecule has 0 aromatic rings. The predicted octanol–water partition coefficient (Wildman–Crippen LogP) is 1.83. The molecule has 60 valence electrons. The molecule has 0 aromatic carbocycles. The third-order valence-corrected chi connectivity index (χ3v) is 2.19. The van der Waals surface area contributed by atoms with Crippen LogP contribution in [0.15, 0.2) is 0 Å². The summed E-state index contributed by atoms with van der Waals surface area (Å²) in [5.74, 6) is 0. The van der Waals surface area contributed by atoms with Crippen molar-refractivity contribution in [2.24, 2.45) is 0 Å². The molecule has 0 bridgehead atoms. The maximum absolute atomic E-state index is 13.2. The zero-order valence-corrected chi connectivity index (χ0v) is 6.86. The highest BCUT2D eigenvalue weighted by molar-refractivity contribution is 4.94. The molecule has 1 aliphatic heterocycles. The molecule has 0 aromatic heterocycles. The van der Waals surface area contributed by atoms with E-state index >= 15 is 0 Å². The lowest BCUT2D eigenvalue weighted by molar-refractivity contribution is -0.0339. The van der Waals surface area contributed by atoms with Gasteiger partial charge >= 0.3 is 0 Å². The Hall–Kier alpha value is -0.110. The Morgan fingerprint density at radius 2 is 2.00 bits per heavy atom. The first-order valence-electron chi connectivity index (χ1n) is 4.11. The van der Waals surface area contributed by atoms with Crippen molar-refractivity contribution < 1.29 is 4.39 Å². The van der Waals surface area contributed by atoms with E-state index in [1.54, 1.807) is 0 Å². The average molecular weight is 145 g/mol. The van der Waals surface area contributed by atoms with Gasteiger partial charge in [-0.25, -0.2) is 4.39 Å². The van der Waals surface area contributed by atoms with Crippen LogP contribution in [-0.2, 0) is 0 Å². The van der Waals surface area contributed by atoms with E-state index in [1.807, 2.05) is 6.92 Å². The topological polar surface area (TPSA) is 3.24 Å². The van der Waals surface area contributed by atoms with Crippen molar-refractivity contribution in [1.82, 2.24) is 4.90 Å². The van der Waals surface area contributed by atoms with Crippen molar-refractivity contribution >= 4 is 0 Å². The first kappa shape index (κ1) is 7.99. The molecular weight excluding hydrogens is 129 g/mol. The average Bonchev–Trinajstić information content (AvgIpc) is 1.85. The summed E-state index contributed by atoms with van der Waals surface area (Å²) in [7, 11) is 0. The summed E-state index contributed by atoms with van der Waals surface area (Å²) in [5, 5.41) is 0. The van der Waals surface area contributed by atoms with Gasteiger partial charge in [-0.2, -0.15) is 0 Å². The van der Waals surface area contributed by atoms with Gasteiger partial charge < -0.3 is 0 Å². The molecule has 0 radical (unpaired) electrons. The number of alkyl halides is 1. The first-order valence-corrected chi connectivity index (χ1v) is 4.11. The van der Waals surface area contributed by atoms with Crippen molar-refractivity contribution in [2.75, 3.05) is 19.6 Å². The smallest absolute Gasteiger partial charge is 0.136 e. The molecule has 1 rings (SSSR count). The van der Waals surface area contributed by atoms with Gasteiger partial charge in [0.1, 0.15) is 5.67 Å². The molecule has 0 N–H and O–H groups in total. The summed E-state index contributed by atoms with van der Waals surface area (Å²) in [4.78, 5) is 2.17. The summed E-state index contributed by atoms with van der Waals surface area (Å²) in [5.41, 5.74) is -0.838. The van der Waals surface area contributed by atoms with Crippen molar-refractivity contribution in [3.8, 4) is 0 Å². The predicted molar refractivity (Wildman–Crippen MR) is 40.9 cm³/mol. The lowest BCUT2D eigenvalue weighted by atomic mass is 9.93. The van der Waals surface area contributed by atoms with Crippen LogP contribution < -0.4 is 0 Å². The summed E-state index contributed by atoms with van der Waals surface area (Å²) in [6.45, 7) is 6.44. The number of rotatable bonds is 3. The number of hydrogen-bond donors (Lipinski definition) is 0. The van der Waals surface area contributed by atoms with Crippen LogP contribution in [0.1, 0.15) is 26.7 Å². The van der Waals surface area contributed by atoms with E-state index in [0.29, 0.717) is 19.5 Å². The minimum atomic E-state index is -0.838. The van der Waals surface area contributed by atoms with Crippen LogP contribution in [0.4, 0.5) is 4.39 Å². The molecule has 0 aliphatic carbocycles. The monoisotopic (exact) mass is 145 g/mol. The summed E-state index contributed by atoms with van der Waals surface area (Å²) >= 11 is 0. The maximum atomic E-state index is 13.2. The van der Waals surface area contributed by atoms with Crippen molar-refractivity contribution in [1.29, 1.82) is 0 Å². The molecule has 0 saturated carbocycles. The second kappa shape index (κ2) is 2.87. The van der Waals surface area contributed by atoms with Gasteiger partial charge in [0.25, 0.3) is 0 Å². The van der Waals surface area contributed by atoms with Crippen LogP contribution in [0.3, 0.4) is 0 Å². The van der Waals surface area contributed by atoms with E-state index in [-0.39, 0.29) is 0 Å². The van der Waals surface area contributed by atoms with Crippen molar-refractivity contribution in [2.45, 2.75) is 32.4 Å². The van der Waals surface area contributed by atoms with Crippen LogP contribution in [0.25, 0.3) is 0 Å².